The fourth-order valence-electron chi connectivity index (χ4n) is 2.43. The van der Waals surface area contributed by atoms with Gasteiger partial charge in [0.1, 0.15) is 38.1 Å². The maximum absolute atomic E-state index is 11.0. The van der Waals surface area contributed by atoms with E-state index >= 15 is 0 Å². The predicted molar refractivity (Wildman–Crippen MR) is 187 cm³/mol. The quantitative estimate of drug-likeness (QED) is 0.0566. The maximum Gasteiger partial charge on any atom is 0.333 e. The van der Waals surface area contributed by atoms with E-state index in [2.05, 4.69) is 93.8 Å². The van der Waals surface area contributed by atoms with Crippen LogP contribution in [0.5, 0.6) is 0 Å². The monoisotopic (exact) mass is 611 g/mol. The number of hydrogen-bond acceptors (Lipinski definition) is 9. The largest absolute Gasteiger partial charge is 0.493 e. The average Bonchev–Trinajstić information content (AvgIpc) is 2.98. The van der Waals surface area contributed by atoms with E-state index in [0.717, 1.165) is 45.8 Å². The minimum Gasteiger partial charge on any atom is -0.493 e. The van der Waals surface area contributed by atoms with Crippen LogP contribution in [-0.2, 0) is 19.0 Å². The zero-order valence-corrected chi connectivity index (χ0v) is 27.9. The second kappa shape index (κ2) is 36.9. The van der Waals surface area contributed by atoms with Crippen molar-refractivity contribution < 1.29 is 24.1 Å². The summed E-state index contributed by atoms with van der Waals surface area (Å²) >= 11 is 0. The number of ether oxygens (including phenoxy) is 3. The Balaban J connectivity index is -0.000000151. The molecular formula is C34H66N4O5. The molecule has 0 aromatic carbocycles. The summed E-state index contributed by atoms with van der Waals surface area (Å²) in [6, 6.07) is 0. The summed E-state index contributed by atoms with van der Waals surface area (Å²) in [6.07, 6.45) is 4.77. The first kappa shape index (κ1) is 49.6. The summed E-state index contributed by atoms with van der Waals surface area (Å²) in [5, 5.41) is 10.7. The van der Waals surface area contributed by atoms with Gasteiger partial charge in [0.15, 0.2) is 0 Å². The normalized spacial score (nSPS) is 9.28. The molecule has 0 aliphatic carbocycles. The van der Waals surface area contributed by atoms with Gasteiger partial charge in [-0.05, 0) is 65.4 Å². The number of allylic oxidation sites excluding steroid dienone is 3. The minimum absolute atomic E-state index is 0. The Kier molecular flexibility index (Phi) is 42.5. The molecule has 0 aliphatic heterocycles. The highest BCUT2D eigenvalue weighted by Gasteiger charge is 2.04. The smallest absolute Gasteiger partial charge is 0.333 e. The number of nitrogens with zero attached hydrogens (tertiary/aromatic N) is 3. The fourth-order valence-corrected chi connectivity index (χ4v) is 2.43. The molecule has 0 amide bonds. The molecule has 0 aromatic heterocycles. The van der Waals surface area contributed by atoms with Crippen molar-refractivity contribution in [2.75, 3.05) is 86.5 Å². The standard InChI is InChI=1S/C10H19NO2.C10H19NO.C8H15NO.C5H9NO.CH4/c1-5-11(6-2)7-8-13-10(12)9(3)4;1-5-10(4)12-9-8-11(6-2)7-3;1-5-8(2)10-7-6-9(3)4;1-3-5(2)6-4-7;/h3,5-8H2,1-2,4H3;5H,1,4,6-9H2,2-3H3;5H,1-2,6-7H2,3-4H3;3,6-7H,1-2,4H2;1H4. The minimum atomic E-state index is -0.299. The number of hydrogen-bond donors (Lipinski definition) is 2. The van der Waals surface area contributed by atoms with Crippen LogP contribution in [0.15, 0.2) is 87.1 Å². The Morgan fingerprint density at radius 2 is 1.09 bits per heavy atom. The van der Waals surface area contributed by atoms with E-state index in [4.69, 9.17) is 19.3 Å². The van der Waals surface area contributed by atoms with Gasteiger partial charge in [-0.1, -0.05) is 81.2 Å². The van der Waals surface area contributed by atoms with Crippen molar-refractivity contribution in [1.29, 1.82) is 0 Å². The molecule has 0 atom stereocenters. The molecule has 0 saturated carbocycles. The molecule has 252 valence electrons. The van der Waals surface area contributed by atoms with Crippen molar-refractivity contribution in [2.24, 2.45) is 0 Å². The van der Waals surface area contributed by atoms with E-state index in [1.165, 1.54) is 6.08 Å². The Labute approximate surface area is 265 Å². The van der Waals surface area contributed by atoms with Crippen LogP contribution in [0.1, 0.15) is 42.0 Å². The van der Waals surface area contributed by atoms with Gasteiger partial charge >= 0.3 is 5.97 Å². The highest BCUT2D eigenvalue weighted by Crippen LogP contribution is 1.95. The molecule has 0 aliphatic rings. The highest BCUT2D eigenvalue weighted by atomic mass is 16.5. The van der Waals surface area contributed by atoms with Crippen molar-refractivity contribution in [3.63, 3.8) is 0 Å². The molecule has 0 rings (SSSR count). The third-order valence-corrected chi connectivity index (χ3v) is 5.31. The highest BCUT2D eigenvalue weighted by molar-refractivity contribution is 5.86. The van der Waals surface area contributed by atoms with Gasteiger partial charge in [-0.3, -0.25) is 0 Å². The Bertz CT molecular complexity index is 758. The third-order valence-electron chi connectivity index (χ3n) is 5.31. The molecule has 0 bridgehead atoms. The Morgan fingerprint density at radius 1 is 0.721 bits per heavy atom. The zero-order valence-electron chi connectivity index (χ0n) is 27.9. The predicted octanol–water partition coefficient (Wildman–Crippen LogP) is 5.62. The van der Waals surface area contributed by atoms with Gasteiger partial charge in [0.05, 0.1) is 0 Å². The Hall–Kier alpha value is -3.11. The number of likely N-dealkylation sites (N-methyl/N-ethyl adjacent to an activating group) is 3. The van der Waals surface area contributed by atoms with E-state index in [1.54, 1.807) is 19.1 Å². The Morgan fingerprint density at radius 3 is 1.35 bits per heavy atom. The molecule has 9 nitrogen and oxygen atoms in total. The SMILES string of the molecule is C.C=C(C)C(=O)OCCN(CC)CC.C=CC(=C)NCO.C=CC(=C)OCCN(C)C.C=CC(=C)OCCN(CC)CC. The van der Waals surface area contributed by atoms with Crippen LogP contribution >= 0.6 is 0 Å². The van der Waals surface area contributed by atoms with Gasteiger partial charge in [-0.2, -0.15) is 0 Å². The topological polar surface area (TPSA) is 86.7 Å². The number of carbonyl (C=O) groups excluding carboxylic acids is 1. The summed E-state index contributed by atoms with van der Waals surface area (Å²) in [5.74, 6) is 0.996. The lowest BCUT2D eigenvalue weighted by Crippen LogP contribution is -2.27. The molecule has 43 heavy (non-hydrogen) atoms. The second-order valence-electron chi connectivity index (χ2n) is 8.88. The van der Waals surface area contributed by atoms with Crippen LogP contribution in [-0.4, -0.2) is 112 Å². The van der Waals surface area contributed by atoms with E-state index < -0.39 is 0 Å². The van der Waals surface area contributed by atoms with Gasteiger partial charge < -0.3 is 39.3 Å². The fraction of sp³-hybridized carbons (Fsp3) is 0.559. The third kappa shape index (κ3) is 41.1. The second-order valence-corrected chi connectivity index (χ2v) is 8.88. The molecule has 0 heterocycles. The van der Waals surface area contributed by atoms with Crippen LogP contribution in [0.2, 0.25) is 0 Å². The molecule has 0 radical (unpaired) electrons. The van der Waals surface area contributed by atoms with Crippen LogP contribution in [0.3, 0.4) is 0 Å². The van der Waals surface area contributed by atoms with Crippen LogP contribution < -0.4 is 5.32 Å². The van der Waals surface area contributed by atoms with Crippen molar-refractivity contribution in [3.8, 4) is 0 Å². The van der Waals surface area contributed by atoms with Crippen molar-refractivity contribution in [2.45, 2.75) is 42.0 Å². The summed E-state index contributed by atoms with van der Waals surface area (Å²) < 4.78 is 15.4. The summed E-state index contributed by atoms with van der Waals surface area (Å²) in [7, 11) is 4.00. The average molecular weight is 611 g/mol. The first-order valence-corrected chi connectivity index (χ1v) is 14.3. The number of aliphatic hydroxyl groups excluding tert-OH is 1. The van der Waals surface area contributed by atoms with Gasteiger partial charge in [0.25, 0.3) is 0 Å². The first-order valence-electron chi connectivity index (χ1n) is 14.3. The number of rotatable bonds is 21. The summed E-state index contributed by atoms with van der Waals surface area (Å²) in [6.45, 7) is 43.4. The lowest BCUT2D eigenvalue weighted by Gasteiger charge is -2.17. The van der Waals surface area contributed by atoms with Gasteiger partial charge in [-0.15, -0.1) is 0 Å². The lowest BCUT2D eigenvalue weighted by atomic mass is 10.4. The molecule has 0 spiro atoms. The molecule has 0 aromatic rings. The van der Waals surface area contributed by atoms with Gasteiger partial charge in [0.2, 0.25) is 0 Å². The van der Waals surface area contributed by atoms with E-state index in [0.29, 0.717) is 42.6 Å². The molecule has 2 N–H and O–H groups in total. The lowest BCUT2D eigenvalue weighted by molar-refractivity contribution is -0.139. The van der Waals surface area contributed by atoms with Crippen molar-refractivity contribution in [3.05, 3.63) is 87.1 Å². The zero-order chi connectivity index (χ0) is 33.3. The van der Waals surface area contributed by atoms with E-state index in [1.807, 2.05) is 14.1 Å². The van der Waals surface area contributed by atoms with Crippen molar-refractivity contribution >= 4 is 5.97 Å². The van der Waals surface area contributed by atoms with Crippen LogP contribution in [0.25, 0.3) is 0 Å². The van der Waals surface area contributed by atoms with E-state index in [-0.39, 0.29) is 20.1 Å². The molecule has 9 heteroatoms. The molecule has 0 unspecified atom stereocenters. The number of carbonyl (C=O) groups is 1. The summed E-state index contributed by atoms with van der Waals surface area (Å²) in [5.41, 5.74) is 1.10. The van der Waals surface area contributed by atoms with Crippen molar-refractivity contribution in [1.82, 2.24) is 20.0 Å². The number of esters is 1. The number of nitrogens with one attached hydrogen (secondary N) is 1. The van der Waals surface area contributed by atoms with Crippen LogP contribution in [0.4, 0.5) is 0 Å². The van der Waals surface area contributed by atoms with Gasteiger partial charge in [-0.25, -0.2) is 4.79 Å². The molecular weight excluding hydrogens is 544 g/mol. The number of aliphatic hydroxyl groups is 1. The van der Waals surface area contributed by atoms with Crippen LogP contribution in [0, 0.1) is 0 Å². The first-order chi connectivity index (χ1) is 19.8. The van der Waals surface area contributed by atoms with Gasteiger partial charge in [0, 0.05) is 30.9 Å². The summed E-state index contributed by atoms with van der Waals surface area (Å²) in [4.78, 5) is 17.5. The molecule has 0 saturated heterocycles. The maximum atomic E-state index is 11.0. The molecule has 0 fully saturated rings. The van der Waals surface area contributed by atoms with E-state index in [9.17, 15) is 4.79 Å².